The Bertz CT molecular complexity index is 363. The third-order valence-corrected chi connectivity index (χ3v) is 3.92. The van der Waals surface area contributed by atoms with Crippen LogP contribution in [0.3, 0.4) is 0 Å². The zero-order chi connectivity index (χ0) is 13.2. The number of benzene rings is 1. The molecule has 0 saturated heterocycles. The second kappa shape index (κ2) is 5.44. The van der Waals surface area contributed by atoms with Crippen molar-refractivity contribution in [1.82, 2.24) is 5.32 Å². The van der Waals surface area contributed by atoms with Crippen molar-refractivity contribution in [1.29, 1.82) is 0 Å². The molecule has 1 aromatic carbocycles. The molecule has 0 aliphatic heterocycles. The van der Waals surface area contributed by atoms with Crippen LogP contribution in [0.5, 0.6) is 0 Å². The molecule has 0 aromatic heterocycles. The Morgan fingerprint density at radius 3 is 2.33 bits per heavy atom. The summed E-state index contributed by atoms with van der Waals surface area (Å²) in [4.78, 5) is 0. The van der Waals surface area contributed by atoms with Crippen molar-refractivity contribution in [3.63, 3.8) is 0 Å². The zero-order valence-electron chi connectivity index (χ0n) is 12.2. The highest BCUT2D eigenvalue weighted by Gasteiger charge is 2.33. The summed E-state index contributed by atoms with van der Waals surface area (Å²) in [7, 11) is 0. The van der Waals surface area contributed by atoms with Gasteiger partial charge in [0.25, 0.3) is 0 Å². The molecule has 0 amide bonds. The standard InChI is InChI=1S/C17H27N/c1-13-10-15(13)12-18-16(11-17(2,3)4)14-8-6-5-7-9-14/h5-9,13,15-16,18H,10-12H2,1-4H3. The van der Waals surface area contributed by atoms with E-state index >= 15 is 0 Å². The van der Waals surface area contributed by atoms with E-state index in [0.717, 1.165) is 11.8 Å². The van der Waals surface area contributed by atoms with Crippen LogP contribution in [0.1, 0.15) is 52.1 Å². The first kappa shape index (κ1) is 13.6. The summed E-state index contributed by atoms with van der Waals surface area (Å²) in [5.74, 6) is 1.85. The number of rotatable bonds is 5. The maximum Gasteiger partial charge on any atom is 0.0325 e. The van der Waals surface area contributed by atoms with Crippen LogP contribution in [0.25, 0.3) is 0 Å². The van der Waals surface area contributed by atoms with Gasteiger partial charge in [-0.2, -0.15) is 0 Å². The second-order valence-electron chi connectivity index (χ2n) is 7.11. The van der Waals surface area contributed by atoms with Gasteiger partial charge in [-0.05, 0) is 42.2 Å². The second-order valence-corrected chi connectivity index (χ2v) is 7.11. The fraction of sp³-hybridized carbons (Fsp3) is 0.647. The lowest BCUT2D eigenvalue weighted by molar-refractivity contribution is 0.308. The summed E-state index contributed by atoms with van der Waals surface area (Å²) in [6.45, 7) is 10.5. The molecular formula is C17H27N. The molecule has 100 valence electrons. The van der Waals surface area contributed by atoms with Crippen molar-refractivity contribution in [3.8, 4) is 0 Å². The largest absolute Gasteiger partial charge is 0.310 e. The minimum absolute atomic E-state index is 0.364. The smallest absolute Gasteiger partial charge is 0.0325 e. The first-order chi connectivity index (χ1) is 8.46. The Morgan fingerprint density at radius 2 is 1.83 bits per heavy atom. The van der Waals surface area contributed by atoms with Crippen LogP contribution in [-0.2, 0) is 0 Å². The summed E-state index contributed by atoms with van der Waals surface area (Å²) in [6, 6.07) is 11.4. The lowest BCUT2D eigenvalue weighted by Gasteiger charge is -2.27. The third-order valence-electron chi connectivity index (χ3n) is 3.92. The van der Waals surface area contributed by atoms with Crippen molar-refractivity contribution >= 4 is 0 Å². The van der Waals surface area contributed by atoms with Gasteiger partial charge in [-0.1, -0.05) is 58.0 Å². The Labute approximate surface area is 112 Å². The Kier molecular flexibility index (Phi) is 4.11. The average molecular weight is 245 g/mol. The maximum atomic E-state index is 3.78. The average Bonchev–Trinajstić information content (AvgIpc) is 3.00. The Balaban J connectivity index is 1.98. The summed E-state index contributed by atoms with van der Waals surface area (Å²) in [6.07, 6.45) is 2.60. The van der Waals surface area contributed by atoms with Gasteiger partial charge in [0.2, 0.25) is 0 Å². The summed E-state index contributed by atoms with van der Waals surface area (Å²) < 4.78 is 0. The van der Waals surface area contributed by atoms with Gasteiger partial charge in [-0.25, -0.2) is 0 Å². The van der Waals surface area contributed by atoms with E-state index in [1.54, 1.807) is 0 Å². The number of nitrogens with one attached hydrogen (secondary N) is 1. The van der Waals surface area contributed by atoms with E-state index in [1.165, 1.54) is 24.9 Å². The van der Waals surface area contributed by atoms with Gasteiger partial charge in [-0.3, -0.25) is 0 Å². The van der Waals surface area contributed by atoms with Gasteiger partial charge >= 0.3 is 0 Å². The van der Waals surface area contributed by atoms with E-state index in [1.807, 2.05) is 0 Å². The first-order valence-electron chi connectivity index (χ1n) is 7.24. The van der Waals surface area contributed by atoms with E-state index < -0.39 is 0 Å². The van der Waals surface area contributed by atoms with Crippen LogP contribution in [0.4, 0.5) is 0 Å². The van der Waals surface area contributed by atoms with Crippen molar-refractivity contribution in [2.24, 2.45) is 17.3 Å². The molecule has 0 heterocycles. The quantitative estimate of drug-likeness (QED) is 0.810. The van der Waals surface area contributed by atoms with E-state index in [0.29, 0.717) is 11.5 Å². The van der Waals surface area contributed by atoms with E-state index in [9.17, 15) is 0 Å². The monoisotopic (exact) mass is 245 g/mol. The topological polar surface area (TPSA) is 12.0 Å². The van der Waals surface area contributed by atoms with Crippen LogP contribution in [0.15, 0.2) is 30.3 Å². The molecule has 1 aliphatic carbocycles. The lowest BCUT2D eigenvalue weighted by atomic mass is 9.85. The molecule has 1 saturated carbocycles. The summed E-state index contributed by atoms with van der Waals surface area (Å²) in [5.41, 5.74) is 1.79. The van der Waals surface area contributed by atoms with Gasteiger partial charge < -0.3 is 5.32 Å². The number of hydrogen-bond donors (Lipinski definition) is 1. The molecule has 1 nitrogen and oxygen atoms in total. The molecule has 2 rings (SSSR count). The molecule has 1 aliphatic rings. The lowest BCUT2D eigenvalue weighted by Crippen LogP contribution is -2.27. The molecule has 1 heteroatoms. The van der Waals surface area contributed by atoms with Crippen LogP contribution < -0.4 is 5.32 Å². The molecular weight excluding hydrogens is 218 g/mol. The fourth-order valence-electron chi connectivity index (χ4n) is 2.58. The highest BCUT2D eigenvalue weighted by molar-refractivity contribution is 5.19. The molecule has 0 bridgehead atoms. The van der Waals surface area contributed by atoms with Crippen molar-refractivity contribution in [2.45, 2.75) is 46.6 Å². The molecule has 0 spiro atoms. The predicted molar refractivity (Wildman–Crippen MR) is 78.5 cm³/mol. The summed E-state index contributed by atoms with van der Waals surface area (Å²) in [5, 5.41) is 3.78. The van der Waals surface area contributed by atoms with Crippen LogP contribution in [-0.4, -0.2) is 6.54 Å². The van der Waals surface area contributed by atoms with Gasteiger partial charge in [0, 0.05) is 6.04 Å². The minimum atomic E-state index is 0.364. The maximum absolute atomic E-state index is 3.78. The zero-order valence-corrected chi connectivity index (χ0v) is 12.2. The molecule has 3 atom stereocenters. The minimum Gasteiger partial charge on any atom is -0.310 e. The summed E-state index contributed by atoms with van der Waals surface area (Å²) >= 11 is 0. The first-order valence-corrected chi connectivity index (χ1v) is 7.24. The predicted octanol–water partition coefficient (Wildman–Crippen LogP) is 4.41. The molecule has 1 aromatic rings. The van der Waals surface area contributed by atoms with Crippen molar-refractivity contribution < 1.29 is 0 Å². The Hall–Kier alpha value is -0.820. The molecule has 1 fully saturated rings. The van der Waals surface area contributed by atoms with Gasteiger partial charge in [-0.15, -0.1) is 0 Å². The van der Waals surface area contributed by atoms with Gasteiger partial charge in [0.1, 0.15) is 0 Å². The van der Waals surface area contributed by atoms with Gasteiger partial charge in [0.15, 0.2) is 0 Å². The SMILES string of the molecule is CC1CC1CNC(CC(C)(C)C)c1ccccc1. The van der Waals surface area contributed by atoms with E-state index in [2.05, 4.69) is 63.3 Å². The van der Waals surface area contributed by atoms with Crippen molar-refractivity contribution in [3.05, 3.63) is 35.9 Å². The van der Waals surface area contributed by atoms with Crippen LogP contribution in [0.2, 0.25) is 0 Å². The molecule has 0 radical (unpaired) electrons. The van der Waals surface area contributed by atoms with E-state index in [-0.39, 0.29) is 0 Å². The van der Waals surface area contributed by atoms with Gasteiger partial charge in [0.05, 0.1) is 0 Å². The highest BCUT2D eigenvalue weighted by atomic mass is 14.9. The van der Waals surface area contributed by atoms with Crippen LogP contribution in [0, 0.1) is 17.3 Å². The third kappa shape index (κ3) is 4.13. The van der Waals surface area contributed by atoms with E-state index in [4.69, 9.17) is 0 Å². The molecule has 18 heavy (non-hydrogen) atoms. The normalized spacial score (nSPS) is 24.9. The molecule has 1 N–H and O–H groups in total. The van der Waals surface area contributed by atoms with Crippen molar-refractivity contribution in [2.75, 3.05) is 6.54 Å². The molecule has 3 unspecified atom stereocenters. The fourth-order valence-corrected chi connectivity index (χ4v) is 2.58. The highest BCUT2D eigenvalue weighted by Crippen LogP contribution is 2.38. The van der Waals surface area contributed by atoms with Crippen LogP contribution >= 0.6 is 0 Å². The Morgan fingerprint density at radius 1 is 1.22 bits per heavy atom. The number of hydrogen-bond acceptors (Lipinski definition) is 1.